The zero-order valence-corrected chi connectivity index (χ0v) is 25.3. The smallest absolute Gasteiger partial charge is 0.263 e. The Hall–Kier alpha value is -4.62. The summed E-state index contributed by atoms with van der Waals surface area (Å²) >= 11 is 2.96. The lowest BCUT2D eigenvalue weighted by Gasteiger charge is -2.30. The van der Waals surface area contributed by atoms with Gasteiger partial charge in [-0.3, -0.25) is 14.2 Å². The zero-order chi connectivity index (χ0) is 30.0. The van der Waals surface area contributed by atoms with Crippen LogP contribution in [0.3, 0.4) is 0 Å². The molecule has 0 aliphatic carbocycles. The van der Waals surface area contributed by atoms with Gasteiger partial charge < -0.3 is 15.0 Å². The van der Waals surface area contributed by atoms with E-state index in [1.165, 1.54) is 27.2 Å². The van der Waals surface area contributed by atoms with Crippen molar-refractivity contribution in [3.63, 3.8) is 0 Å². The van der Waals surface area contributed by atoms with Crippen LogP contribution in [0.15, 0.2) is 88.7 Å². The van der Waals surface area contributed by atoms with Gasteiger partial charge in [-0.2, -0.15) is 4.98 Å². The summed E-state index contributed by atoms with van der Waals surface area (Å²) in [6, 6.07) is 18.3. The summed E-state index contributed by atoms with van der Waals surface area (Å²) < 4.78 is 7.45. The van der Waals surface area contributed by atoms with Crippen LogP contribution in [-0.2, 0) is 11.3 Å². The highest BCUT2D eigenvalue weighted by molar-refractivity contribution is 7.20. The van der Waals surface area contributed by atoms with Crippen LogP contribution in [-0.4, -0.2) is 61.9 Å². The molecule has 0 radical (unpaired) electrons. The van der Waals surface area contributed by atoms with Crippen molar-refractivity contribution in [3.8, 4) is 9.88 Å². The van der Waals surface area contributed by atoms with Gasteiger partial charge in [0.25, 0.3) is 5.56 Å². The Balaban J connectivity index is 1.26. The van der Waals surface area contributed by atoms with Gasteiger partial charge in [0.1, 0.15) is 10.7 Å². The number of ether oxygens (including phenoxy) is 1. The topological polar surface area (TPSA) is 115 Å². The fourth-order valence-corrected chi connectivity index (χ4v) is 6.78. The number of nitrogens with zero attached hydrogens (tertiary/aromatic N) is 6. The van der Waals surface area contributed by atoms with Gasteiger partial charge in [0.2, 0.25) is 5.95 Å². The minimum atomic E-state index is -0.448. The molecule has 7 rings (SSSR count). The Morgan fingerprint density at radius 2 is 1.91 bits per heavy atom. The van der Waals surface area contributed by atoms with Crippen LogP contribution in [0, 0.1) is 0 Å². The first-order chi connectivity index (χ1) is 21.5. The average molecular weight is 622 g/mol. The molecule has 0 amide bonds. The molecule has 44 heavy (non-hydrogen) atoms. The summed E-state index contributed by atoms with van der Waals surface area (Å²) in [4.78, 5) is 48.9. The zero-order valence-electron chi connectivity index (χ0n) is 23.7. The van der Waals surface area contributed by atoms with Crippen LogP contribution in [0.2, 0.25) is 0 Å². The van der Waals surface area contributed by atoms with E-state index < -0.39 is 5.56 Å². The molecule has 1 fully saturated rings. The molecule has 1 N–H and O–H groups in total. The molecule has 10 nitrogen and oxygen atoms in total. The van der Waals surface area contributed by atoms with E-state index in [0.29, 0.717) is 34.8 Å². The minimum Gasteiger partial charge on any atom is -0.371 e. The fraction of sp³-hybridized carbons (Fsp3) is 0.188. The van der Waals surface area contributed by atoms with E-state index in [9.17, 15) is 9.59 Å². The maximum Gasteiger partial charge on any atom is 0.263 e. The van der Waals surface area contributed by atoms with Crippen molar-refractivity contribution in [2.75, 3.05) is 32.1 Å². The number of carbonyl (C=O) groups is 1. The van der Waals surface area contributed by atoms with E-state index in [-0.39, 0.29) is 24.0 Å². The highest BCUT2D eigenvalue weighted by atomic mass is 32.1. The van der Waals surface area contributed by atoms with E-state index in [1.807, 2.05) is 35.7 Å². The molecule has 220 valence electrons. The molecule has 0 saturated carbocycles. The number of morpholine rings is 1. The Bertz CT molecular complexity index is 1990. The summed E-state index contributed by atoms with van der Waals surface area (Å²) in [5.41, 5.74) is 4.74. The van der Waals surface area contributed by atoms with E-state index >= 15 is 0 Å². The standard InChI is InChI=1S/C32H27N7O3S2/c1-38-12-13-42-26(18-38)20-7-9-23(10-8-20)36-32-34-16-22-15-24(27(40)21-5-3-2-4-6-21)31(41)39(29(22)37-32)17-25-28(44-19-35-25)30-33-11-14-43-30/h2-11,14-16,19,26H,12-13,17-18H2,1H3,(H,34,36,37). The Morgan fingerprint density at radius 3 is 2.68 bits per heavy atom. The second-order valence-electron chi connectivity index (χ2n) is 10.5. The number of ketones is 1. The summed E-state index contributed by atoms with van der Waals surface area (Å²) in [7, 11) is 2.09. The van der Waals surface area contributed by atoms with Crippen LogP contribution in [0.5, 0.6) is 0 Å². The molecule has 6 aromatic rings. The fourth-order valence-electron chi connectivity index (χ4n) is 5.20. The number of aromatic nitrogens is 5. The third-order valence-corrected chi connectivity index (χ3v) is 9.29. The normalized spacial score (nSPS) is 15.4. The van der Waals surface area contributed by atoms with Crippen LogP contribution in [0.4, 0.5) is 11.6 Å². The van der Waals surface area contributed by atoms with Gasteiger partial charge in [-0.1, -0.05) is 42.5 Å². The number of pyridine rings is 1. The number of hydrogen-bond donors (Lipinski definition) is 1. The van der Waals surface area contributed by atoms with Crippen molar-refractivity contribution in [2.24, 2.45) is 0 Å². The molecule has 1 unspecified atom stereocenters. The first kappa shape index (κ1) is 28.2. The summed E-state index contributed by atoms with van der Waals surface area (Å²) in [6.07, 6.45) is 3.40. The predicted octanol–water partition coefficient (Wildman–Crippen LogP) is 5.40. The first-order valence-corrected chi connectivity index (χ1v) is 15.8. The lowest BCUT2D eigenvalue weighted by atomic mass is 10.0. The van der Waals surface area contributed by atoms with E-state index in [0.717, 1.165) is 34.2 Å². The van der Waals surface area contributed by atoms with Gasteiger partial charge in [0.05, 0.1) is 40.9 Å². The maximum absolute atomic E-state index is 14.0. The molecule has 1 atom stereocenters. The predicted molar refractivity (Wildman–Crippen MR) is 172 cm³/mol. The number of benzene rings is 2. The Labute approximate surface area is 260 Å². The molecule has 0 spiro atoms. The van der Waals surface area contributed by atoms with Crippen molar-refractivity contribution in [1.82, 2.24) is 29.4 Å². The molecule has 5 heterocycles. The van der Waals surface area contributed by atoms with E-state index in [4.69, 9.17) is 9.72 Å². The monoisotopic (exact) mass is 621 g/mol. The quantitative estimate of drug-likeness (QED) is 0.223. The Kier molecular flexibility index (Phi) is 7.79. The average Bonchev–Trinajstić information content (AvgIpc) is 3.75. The first-order valence-electron chi connectivity index (χ1n) is 14.0. The number of rotatable bonds is 8. The SMILES string of the molecule is CN1CCOC(c2ccc(Nc3ncc4cc(C(=O)c5ccccc5)c(=O)n(Cc5ncsc5-c5nccs5)c4n3)cc2)C1. The lowest BCUT2D eigenvalue weighted by molar-refractivity contribution is -0.0208. The second kappa shape index (κ2) is 12.2. The number of carbonyl (C=O) groups excluding carboxylic acids is 1. The molecule has 12 heteroatoms. The molecular formula is C32H27N7O3S2. The lowest BCUT2D eigenvalue weighted by Crippen LogP contribution is -2.35. The van der Waals surface area contributed by atoms with Gasteiger partial charge >= 0.3 is 0 Å². The van der Waals surface area contributed by atoms with E-state index in [2.05, 4.69) is 32.2 Å². The number of nitrogens with one attached hydrogen (secondary N) is 1. The van der Waals surface area contributed by atoms with Gasteiger partial charge in [-0.05, 0) is 30.8 Å². The minimum absolute atomic E-state index is 0.0296. The highest BCUT2D eigenvalue weighted by Crippen LogP contribution is 2.30. The van der Waals surface area contributed by atoms with Gasteiger partial charge in [0.15, 0.2) is 5.78 Å². The molecule has 1 saturated heterocycles. The highest BCUT2D eigenvalue weighted by Gasteiger charge is 2.22. The molecule has 1 aliphatic rings. The van der Waals surface area contributed by atoms with Crippen LogP contribution < -0.4 is 10.9 Å². The molecular weight excluding hydrogens is 595 g/mol. The molecule has 1 aliphatic heterocycles. The number of likely N-dealkylation sites (N-methyl/N-ethyl adjacent to an activating group) is 1. The van der Waals surface area contributed by atoms with Crippen LogP contribution >= 0.6 is 22.7 Å². The van der Waals surface area contributed by atoms with E-state index in [1.54, 1.807) is 48.2 Å². The van der Waals surface area contributed by atoms with Crippen molar-refractivity contribution in [1.29, 1.82) is 0 Å². The Morgan fingerprint density at radius 1 is 1.07 bits per heavy atom. The summed E-state index contributed by atoms with van der Waals surface area (Å²) in [5.74, 6) is -0.0345. The van der Waals surface area contributed by atoms with Crippen molar-refractivity contribution in [3.05, 3.63) is 117 Å². The summed E-state index contributed by atoms with van der Waals surface area (Å²) in [6.45, 7) is 2.59. The third kappa shape index (κ3) is 5.67. The molecule has 4 aromatic heterocycles. The third-order valence-electron chi connectivity index (χ3n) is 7.49. The maximum atomic E-state index is 14.0. The van der Waals surface area contributed by atoms with Crippen molar-refractivity contribution >= 4 is 51.1 Å². The van der Waals surface area contributed by atoms with Gasteiger partial charge in [-0.15, -0.1) is 22.7 Å². The van der Waals surface area contributed by atoms with Crippen molar-refractivity contribution < 1.29 is 9.53 Å². The number of hydrogen-bond acceptors (Lipinski definition) is 11. The van der Waals surface area contributed by atoms with Crippen LogP contribution in [0.25, 0.3) is 20.9 Å². The van der Waals surface area contributed by atoms with Gasteiger partial charge in [0, 0.05) is 47.5 Å². The van der Waals surface area contributed by atoms with Crippen molar-refractivity contribution in [2.45, 2.75) is 12.6 Å². The summed E-state index contributed by atoms with van der Waals surface area (Å²) in [5, 5.41) is 6.55. The number of thiazole rings is 2. The van der Waals surface area contributed by atoms with Crippen LogP contribution in [0.1, 0.15) is 33.3 Å². The number of fused-ring (bicyclic) bond motifs is 1. The molecule has 2 aromatic carbocycles. The van der Waals surface area contributed by atoms with Gasteiger partial charge in [-0.25, -0.2) is 15.0 Å². The molecule has 0 bridgehead atoms. The number of anilines is 2. The second-order valence-corrected chi connectivity index (χ2v) is 12.2. The largest absolute Gasteiger partial charge is 0.371 e.